The van der Waals surface area contributed by atoms with Gasteiger partial charge in [0, 0.05) is 50.6 Å². The standard InChI is InChI=1S/C17H28N2.C16H20N2O3.CH4/c1-14-10-15(12-16(11-14)17(2,3)4)13-19-8-6-18(5)7-9-19;1-12-7-8-13(17-11-19)10-15(12)16(18-20)6-2-4-14-5-3-9-21-14;/h10-12H,6-9,13H2,1-5H3;2,6-8,10-11,14,20H,3-5,9H2,1H3,(H,17,19);1H4/b;6-2+,18-16+;. The van der Waals surface area contributed by atoms with Crippen LogP contribution in [0, 0.1) is 13.8 Å². The van der Waals surface area contributed by atoms with Crippen LogP contribution in [0.25, 0.3) is 0 Å². The van der Waals surface area contributed by atoms with Crippen LogP contribution in [0.3, 0.4) is 0 Å². The molecule has 2 N–H and O–H groups in total. The second kappa shape index (κ2) is 16.4. The number of hydrogen-bond donors (Lipinski definition) is 2. The van der Waals surface area contributed by atoms with Crippen LogP contribution in [0.5, 0.6) is 0 Å². The first kappa shape index (κ1) is 34.2. The fourth-order valence-electron chi connectivity index (χ4n) is 5.05. The number of aryl methyl sites for hydroxylation is 2. The van der Waals surface area contributed by atoms with Crippen molar-refractivity contribution in [2.24, 2.45) is 5.16 Å². The predicted molar refractivity (Wildman–Crippen MR) is 171 cm³/mol. The molecule has 2 fully saturated rings. The lowest BCUT2D eigenvalue weighted by molar-refractivity contribution is -0.105. The number of carbonyl (C=O) groups excluding carboxylic acids is 1. The van der Waals surface area contributed by atoms with Crippen LogP contribution in [-0.4, -0.2) is 73.1 Å². The van der Waals surface area contributed by atoms with Crippen molar-refractivity contribution < 1.29 is 14.7 Å². The summed E-state index contributed by atoms with van der Waals surface area (Å²) in [5, 5.41) is 15.2. The zero-order chi connectivity index (χ0) is 29.1. The summed E-state index contributed by atoms with van der Waals surface area (Å²) in [6, 6.07) is 12.5. The summed E-state index contributed by atoms with van der Waals surface area (Å²) in [6.45, 7) is 17.7. The number of nitrogens with one attached hydrogen (secondary N) is 1. The van der Waals surface area contributed by atoms with Gasteiger partial charge in [-0.3, -0.25) is 9.69 Å². The first-order valence-electron chi connectivity index (χ1n) is 14.4. The van der Waals surface area contributed by atoms with E-state index in [9.17, 15) is 10.0 Å². The van der Waals surface area contributed by atoms with E-state index in [1.807, 2.05) is 19.1 Å². The van der Waals surface area contributed by atoms with E-state index in [4.69, 9.17) is 4.74 Å². The van der Waals surface area contributed by atoms with Gasteiger partial charge in [0.15, 0.2) is 0 Å². The van der Waals surface area contributed by atoms with Crippen LogP contribution >= 0.6 is 0 Å². The summed E-state index contributed by atoms with van der Waals surface area (Å²) in [4.78, 5) is 15.5. The maximum absolute atomic E-state index is 10.5. The van der Waals surface area contributed by atoms with Gasteiger partial charge >= 0.3 is 0 Å². The Morgan fingerprint density at radius 2 is 1.85 bits per heavy atom. The third kappa shape index (κ3) is 11.1. The highest BCUT2D eigenvalue weighted by atomic mass is 16.5. The molecular weight excluding hydrogens is 512 g/mol. The van der Waals surface area contributed by atoms with E-state index >= 15 is 0 Å². The Kier molecular flexibility index (Phi) is 13.7. The van der Waals surface area contributed by atoms with Crippen LogP contribution in [0.2, 0.25) is 0 Å². The van der Waals surface area contributed by atoms with Gasteiger partial charge in [-0.1, -0.05) is 69.3 Å². The van der Waals surface area contributed by atoms with Crippen LogP contribution in [0.1, 0.15) is 75.3 Å². The number of anilines is 1. The third-order valence-electron chi connectivity index (χ3n) is 7.55. The number of ether oxygens (including phenoxy) is 1. The van der Waals surface area contributed by atoms with Crippen molar-refractivity contribution in [1.29, 1.82) is 0 Å². The normalized spacial score (nSPS) is 18.5. The maximum Gasteiger partial charge on any atom is 0.211 e. The first-order chi connectivity index (χ1) is 19.1. The van der Waals surface area contributed by atoms with Crippen LogP contribution in [-0.2, 0) is 21.5 Å². The number of hydrogen-bond acceptors (Lipinski definition) is 6. The molecule has 0 aromatic heterocycles. The highest BCUT2D eigenvalue weighted by Crippen LogP contribution is 2.25. The van der Waals surface area contributed by atoms with Gasteiger partial charge in [0.05, 0.1) is 6.10 Å². The van der Waals surface area contributed by atoms with Gasteiger partial charge in [-0.15, -0.1) is 0 Å². The molecule has 7 nitrogen and oxygen atoms in total. The Hall–Kier alpha value is -3.00. The molecule has 7 heteroatoms. The Balaban J connectivity index is 0.000000281. The topological polar surface area (TPSA) is 77.4 Å². The number of likely N-dealkylation sites (N-methyl/N-ethyl adjacent to an activating group) is 1. The number of amides is 1. The van der Waals surface area contributed by atoms with Crippen molar-refractivity contribution in [2.45, 2.75) is 79.4 Å². The van der Waals surface area contributed by atoms with Gasteiger partial charge in [0.2, 0.25) is 6.41 Å². The average molecular weight is 565 g/mol. The molecule has 0 radical (unpaired) electrons. The fraction of sp³-hybridized carbons (Fsp3) is 0.529. The van der Waals surface area contributed by atoms with Crippen molar-refractivity contribution in [3.05, 3.63) is 76.4 Å². The van der Waals surface area contributed by atoms with E-state index in [2.05, 4.69) is 73.2 Å². The van der Waals surface area contributed by atoms with Gasteiger partial charge in [-0.05, 0) is 80.5 Å². The Labute approximate surface area is 248 Å². The zero-order valence-corrected chi connectivity index (χ0v) is 25.2. The molecule has 2 aromatic carbocycles. The minimum absolute atomic E-state index is 0. The number of allylic oxidation sites excluding steroid dienone is 1. The molecule has 4 rings (SSSR count). The SMILES string of the molecule is C.Cc1cc(CN2CCN(C)CC2)cc(C(C)(C)C)c1.Cc1ccc(NC=O)cc1C(/C=C/CC1CCCO1)=N/O. The molecule has 2 saturated heterocycles. The summed E-state index contributed by atoms with van der Waals surface area (Å²) in [5.41, 5.74) is 7.44. The molecule has 226 valence electrons. The molecule has 0 bridgehead atoms. The third-order valence-corrected chi connectivity index (χ3v) is 7.55. The monoisotopic (exact) mass is 564 g/mol. The van der Waals surface area contributed by atoms with Crippen molar-refractivity contribution in [1.82, 2.24) is 9.80 Å². The number of nitrogens with zero attached hydrogens (tertiary/aromatic N) is 3. The molecule has 1 amide bonds. The lowest BCUT2D eigenvalue weighted by atomic mass is 9.85. The molecule has 1 unspecified atom stereocenters. The summed E-state index contributed by atoms with van der Waals surface area (Å²) >= 11 is 0. The number of rotatable bonds is 8. The minimum Gasteiger partial charge on any atom is -0.410 e. The van der Waals surface area contributed by atoms with Gasteiger partial charge < -0.3 is 20.2 Å². The molecule has 2 aliphatic heterocycles. The second-order valence-corrected chi connectivity index (χ2v) is 12.1. The number of benzene rings is 2. The van der Waals surface area contributed by atoms with Gasteiger partial charge in [0.1, 0.15) is 5.71 Å². The largest absolute Gasteiger partial charge is 0.410 e. The Bertz CT molecular complexity index is 1160. The van der Waals surface area contributed by atoms with Crippen molar-refractivity contribution in [3.63, 3.8) is 0 Å². The zero-order valence-electron chi connectivity index (χ0n) is 25.2. The molecule has 1 atom stereocenters. The van der Waals surface area contributed by atoms with Crippen LogP contribution < -0.4 is 5.32 Å². The van der Waals surface area contributed by atoms with Crippen molar-refractivity contribution in [3.8, 4) is 0 Å². The molecule has 41 heavy (non-hydrogen) atoms. The Morgan fingerprint density at radius 3 is 2.46 bits per heavy atom. The molecular formula is C34H52N4O3. The smallest absolute Gasteiger partial charge is 0.211 e. The molecule has 2 aromatic rings. The van der Waals surface area contributed by atoms with Crippen LogP contribution in [0.4, 0.5) is 5.69 Å². The highest BCUT2D eigenvalue weighted by molar-refractivity contribution is 6.09. The second-order valence-electron chi connectivity index (χ2n) is 12.1. The molecule has 2 aliphatic rings. The van der Waals surface area contributed by atoms with E-state index in [-0.39, 0.29) is 18.9 Å². The van der Waals surface area contributed by atoms with Gasteiger partial charge in [-0.2, -0.15) is 0 Å². The van der Waals surface area contributed by atoms with Crippen LogP contribution in [0.15, 0.2) is 53.7 Å². The first-order valence-corrected chi connectivity index (χ1v) is 14.4. The predicted octanol–water partition coefficient (Wildman–Crippen LogP) is 6.54. The summed E-state index contributed by atoms with van der Waals surface area (Å²) in [7, 11) is 2.21. The number of oxime groups is 1. The quantitative estimate of drug-likeness (QED) is 0.165. The van der Waals surface area contributed by atoms with E-state index in [1.165, 1.54) is 42.9 Å². The maximum atomic E-state index is 10.5. The van der Waals surface area contributed by atoms with Crippen molar-refractivity contribution in [2.75, 3.05) is 45.2 Å². The summed E-state index contributed by atoms with van der Waals surface area (Å²) in [5.74, 6) is 0. The van der Waals surface area contributed by atoms with E-state index in [1.54, 1.807) is 18.2 Å². The average Bonchev–Trinajstić information content (AvgIpc) is 3.43. The minimum atomic E-state index is 0. The molecule has 0 spiro atoms. The van der Waals surface area contributed by atoms with Gasteiger partial charge in [0.25, 0.3) is 0 Å². The van der Waals surface area contributed by atoms with Crippen molar-refractivity contribution >= 4 is 17.8 Å². The van der Waals surface area contributed by atoms with E-state index < -0.39 is 0 Å². The van der Waals surface area contributed by atoms with Gasteiger partial charge in [-0.25, -0.2) is 0 Å². The lowest BCUT2D eigenvalue weighted by Crippen LogP contribution is -2.43. The summed E-state index contributed by atoms with van der Waals surface area (Å²) in [6.07, 6.45) is 7.64. The molecule has 0 saturated carbocycles. The highest BCUT2D eigenvalue weighted by Gasteiger charge is 2.18. The fourth-order valence-corrected chi connectivity index (χ4v) is 5.05. The molecule has 2 heterocycles. The van der Waals surface area contributed by atoms with E-state index in [0.717, 1.165) is 43.5 Å². The molecule has 0 aliphatic carbocycles. The van der Waals surface area contributed by atoms with E-state index in [0.29, 0.717) is 17.8 Å². The lowest BCUT2D eigenvalue weighted by Gasteiger charge is -2.32. The number of piperazine rings is 1. The Morgan fingerprint density at radius 1 is 1.12 bits per heavy atom. The summed E-state index contributed by atoms with van der Waals surface area (Å²) < 4.78 is 5.55. The number of carbonyl (C=O) groups is 1.